The van der Waals surface area contributed by atoms with Crippen molar-refractivity contribution in [1.82, 2.24) is 10.2 Å². The Hall–Kier alpha value is -0.860. The Morgan fingerprint density at radius 1 is 1.50 bits per heavy atom. The summed E-state index contributed by atoms with van der Waals surface area (Å²) in [5, 5.41) is 11.7. The molecule has 0 radical (unpaired) electrons. The first-order valence-electron chi connectivity index (χ1n) is 5.69. The molecule has 1 aliphatic heterocycles. The lowest BCUT2D eigenvalue weighted by molar-refractivity contribution is -0.162. The van der Waals surface area contributed by atoms with Crippen molar-refractivity contribution < 1.29 is 27.8 Å². The SMILES string of the molecule is O=C(CC1COCCN1)N(CCO)CC(F)(F)F. The normalized spacial score (nSPS) is 20.8. The molecule has 1 amide bonds. The molecule has 1 aliphatic rings. The molecule has 106 valence electrons. The molecule has 1 unspecified atom stereocenters. The van der Waals surface area contributed by atoms with Crippen LogP contribution in [0.1, 0.15) is 6.42 Å². The summed E-state index contributed by atoms with van der Waals surface area (Å²) in [4.78, 5) is 12.3. The number of nitrogens with zero attached hydrogens (tertiary/aromatic N) is 1. The number of carbonyl (C=O) groups excluding carboxylic acids is 1. The van der Waals surface area contributed by atoms with E-state index in [1.54, 1.807) is 0 Å². The van der Waals surface area contributed by atoms with Crippen LogP contribution in [-0.2, 0) is 9.53 Å². The minimum atomic E-state index is -4.46. The Morgan fingerprint density at radius 2 is 2.22 bits per heavy atom. The minimum absolute atomic E-state index is 0.0594. The van der Waals surface area contributed by atoms with Gasteiger partial charge in [0.15, 0.2) is 0 Å². The second-order valence-electron chi connectivity index (χ2n) is 4.08. The van der Waals surface area contributed by atoms with Gasteiger partial charge in [-0.2, -0.15) is 13.2 Å². The summed E-state index contributed by atoms with van der Waals surface area (Å²) in [6, 6.07) is -0.263. The van der Waals surface area contributed by atoms with E-state index in [-0.39, 0.29) is 19.0 Å². The molecule has 0 aromatic heterocycles. The van der Waals surface area contributed by atoms with Crippen LogP contribution in [0.15, 0.2) is 0 Å². The van der Waals surface area contributed by atoms with Gasteiger partial charge in [0.25, 0.3) is 0 Å². The van der Waals surface area contributed by atoms with Gasteiger partial charge in [0, 0.05) is 25.6 Å². The number of nitrogens with one attached hydrogen (secondary N) is 1. The molecule has 0 aromatic carbocycles. The summed E-state index contributed by atoms with van der Waals surface area (Å²) in [5.41, 5.74) is 0. The number of hydrogen-bond donors (Lipinski definition) is 2. The van der Waals surface area contributed by atoms with Crippen molar-refractivity contribution in [3.63, 3.8) is 0 Å². The predicted octanol–water partition coefficient (Wildman–Crippen LogP) is -0.252. The maximum Gasteiger partial charge on any atom is 0.406 e. The van der Waals surface area contributed by atoms with Crippen molar-refractivity contribution >= 4 is 5.91 Å². The first-order valence-corrected chi connectivity index (χ1v) is 5.69. The molecule has 0 aliphatic carbocycles. The van der Waals surface area contributed by atoms with Crippen molar-refractivity contribution in [2.45, 2.75) is 18.6 Å². The highest BCUT2D eigenvalue weighted by atomic mass is 19.4. The van der Waals surface area contributed by atoms with Crippen LogP contribution in [0.3, 0.4) is 0 Å². The van der Waals surface area contributed by atoms with Gasteiger partial charge >= 0.3 is 6.18 Å². The lowest BCUT2D eigenvalue weighted by Gasteiger charge is -2.28. The second kappa shape index (κ2) is 6.91. The third-order valence-electron chi connectivity index (χ3n) is 2.51. The predicted molar refractivity (Wildman–Crippen MR) is 56.9 cm³/mol. The molecule has 1 saturated heterocycles. The van der Waals surface area contributed by atoms with E-state index in [0.29, 0.717) is 24.7 Å². The average molecular weight is 270 g/mol. The highest BCUT2D eigenvalue weighted by Crippen LogP contribution is 2.17. The van der Waals surface area contributed by atoms with Gasteiger partial charge in [-0.05, 0) is 0 Å². The Labute approximate surface area is 103 Å². The van der Waals surface area contributed by atoms with E-state index in [1.807, 2.05) is 0 Å². The molecular formula is C10H17F3N2O3. The van der Waals surface area contributed by atoms with Gasteiger partial charge in [0.05, 0.1) is 19.8 Å². The third kappa shape index (κ3) is 5.65. The number of hydrogen-bond acceptors (Lipinski definition) is 4. The van der Waals surface area contributed by atoms with E-state index in [9.17, 15) is 18.0 Å². The third-order valence-corrected chi connectivity index (χ3v) is 2.51. The molecule has 0 spiro atoms. The summed E-state index contributed by atoms with van der Waals surface area (Å²) < 4.78 is 41.9. The molecule has 2 N–H and O–H groups in total. The molecule has 1 atom stereocenters. The number of rotatable bonds is 5. The zero-order chi connectivity index (χ0) is 13.6. The van der Waals surface area contributed by atoms with E-state index in [2.05, 4.69) is 5.32 Å². The highest BCUT2D eigenvalue weighted by Gasteiger charge is 2.33. The van der Waals surface area contributed by atoms with Crippen molar-refractivity contribution in [3.05, 3.63) is 0 Å². The fourth-order valence-corrected chi connectivity index (χ4v) is 1.72. The zero-order valence-electron chi connectivity index (χ0n) is 9.87. The Kier molecular flexibility index (Phi) is 5.83. The number of morpholine rings is 1. The van der Waals surface area contributed by atoms with Gasteiger partial charge < -0.3 is 20.1 Å². The van der Waals surface area contributed by atoms with Crippen LogP contribution < -0.4 is 5.32 Å². The standard InChI is InChI=1S/C10H17F3N2O3/c11-10(12,13)7-15(2-3-16)9(17)5-8-6-18-4-1-14-8/h8,14,16H,1-7H2. The molecule has 1 heterocycles. The van der Waals surface area contributed by atoms with E-state index in [1.165, 1.54) is 0 Å². The Bertz CT molecular complexity index is 268. The van der Waals surface area contributed by atoms with Crippen LogP contribution in [0.4, 0.5) is 13.2 Å². The van der Waals surface area contributed by atoms with Crippen LogP contribution in [0.25, 0.3) is 0 Å². The lowest BCUT2D eigenvalue weighted by Crippen LogP contribution is -2.47. The van der Waals surface area contributed by atoms with Gasteiger partial charge in [-0.1, -0.05) is 0 Å². The van der Waals surface area contributed by atoms with Gasteiger partial charge in [-0.3, -0.25) is 4.79 Å². The number of alkyl halides is 3. The first kappa shape index (κ1) is 15.2. The quantitative estimate of drug-likeness (QED) is 0.723. The summed E-state index contributed by atoms with van der Waals surface area (Å²) >= 11 is 0. The van der Waals surface area contributed by atoms with Crippen molar-refractivity contribution in [3.8, 4) is 0 Å². The first-order chi connectivity index (χ1) is 8.42. The van der Waals surface area contributed by atoms with E-state index < -0.39 is 25.2 Å². The monoisotopic (exact) mass is 270 g/mol. The van der Waals surface area contributed by atoms with Gasteiger partial charge in [0.2, 0.25) is 5.91 Å². The van der Waals surface area contributed by atoms with Crippen LogP contribution in [0.5, 0.6) is 0 Å². The molecule has 0 bridgehead atoms. The maximum absolute atomic E-state index is 12.3. The highest BCUT2D eigenvalue weighted by molar-refractivity contribution is 5.77. The van der Waals surface area contributed by atoms with E-state index >= 15 is 0 Å². The van der Waals surface area contributed by atoms with Gasteiger partial charge in [-0.15, -0.1) is 0 Å². The number of aliphatic hydroxyl groups is 1. The Balaban J connectivity index is 2.47. The molecule has 5 nitrogen and oxygen atoms in total. The topological polar surface area (TPSA) is 61.8 Å². The van der Waals surface area contributed by atoms with Crippen molar-refractivity contribution in [2.75, 3.05) is 39.5 Å². The summed E-state index contributed by atoms with van der Waals surface area (Å²) in [7, 11) is 0. The number of carbonyl (C=O) groups is 1. The van der Waals surface area contributed by atoms with E-state index in [4.69, 9.17) is 9.84 Å². The lowest BCUT2D eigenvalue weighted by atomic mass is 10.2. The van der Waals surface area contributed by atoms with Crippen LogP contribution >= 0.6 is 0 Å². The molecule has 1 rings (SSSR count). The Morgan fingerprint density at radius 3 is 2.72 bits per heavy atom. The van der Waals surface area contributed by atoms with E-state index in [0.717, 1.165) is 0 Å². The smallest absolute Gasteiger partial charge is 0.395 e. The van der Waals surface area contributed by atoms with Gasteiger partial charge in [0.1, 0.15) is 6.54 Å². The van der Waals surface area contributed by atoms with Crippen LogP contribution in [0, 0.1) is 0 Å². The van der Waals surface area contributed by atoms with Crippen LogP contribution in [0.2, 0.25) is 0 Å². The molecule has 18 heavy (non-hydrogen) atoms. The maximum atomic E-state index is 12.3. The molecule has 8 heteroatoms. The summed E-state index contributed by atoms with van der Waals surface area (Å²) in [5.74, 6) is -0.635. The number of amides is 1. The van der Waals surface area contributed by atoms with Crippen molar-refractivity contribution in [1.29, 1.82) is 0 Å². The molecule has 0 saturated carbocycles. The second-order valence-corrected chi connectivity index (χ2v) is 4.08. The number of ether oxygens (including phenoxy) is 1. The minimum Gasteiger partial charge on any atom is -0.395 e. The largest absolute Gasteiger partial charge is 0.406 e. The average Bonchev–Trinajstić information content (AvgIpc) is 2.28. The van der Waals surface area contributed by atoms with Gasteiger partial charge in [-0.25, -0.2) is 0 Å². The number of halogens is 3. The van der Waals surface area contributed by atoms with Crippen molar-refractivity contribution in [2.24, 2.45) is 0 Å². The van der Waals surface area contributed by atoms with Crippen LogP contribution in [-0.4, -0.2) is 67.6 Å². The fraction of sp³-hybridized carbons (Fsp3) is 0.900. The summed E-state index contributed by atoms with van der Waals surface area (Å²) in [6.07, 6.45) is -4.52. The number of aliphatic hydroxyl groups excluding tert-OH is 1. The molecule has 0 aromatic rings. The fourth-order valence-electron chi connectivity index (χ4n) is 1.72. The molecular weight excluding hydrogens is 253 g/mol. The summed E-state index contributed by atoms with van der Waals surface area (Å²) in [6.45, 7) is -0.710. The zero-order valence-corrected chi connectivity index (χ0v) is 9.87. The molecule has 1 fully saturated rings.